The molecule has 0 radical (unpaired) electrons. The minimum absolute atomic E-state index is 0.315. The van der Waals surface area contributed by atoms with E-state index in [9.17, 15) is 0 Å². The van der Waals surface area contributed by atoms with Gasteiger partial charge in [0, 0.05) is 0 Å². The van der Waals surface area contributed by atoms with Crippen molar-refractivity contribution in [2.75, 3.05) is 0 Å². The standard InChI is InChI=1S/C40H62/c1-31(19-13-21-33(3)25-27-37-35(5)23-15-29-39(37,7)8)17-11-12-18-32(2)20-14-22-34(4)26-28-38-36(6)24-16-30-40(38,9)10/h11-13,17-19,22,26,28,33H,14-16,20-21,23-25,27,29-30H2,1-10H3/b12-11+,19-13-,28-26+,31-17+,32-18+,34-22+. The molecule has 1 atom stereocenters. The Morgan fingerprint density at radius 1 is 0.825 bits per heavy atom. The number of hydrogen-bond donors (Lipinski definition) is 0. The molecule has 0 N–H and O–H groups in total. The highest BCUT2D eigenvalue weighted by atomic mass is 14.3. The van der Waals surface area contributed by atoms with Gasteiger partial charge in [0.2, 0.25) is 0 Å². The van der Waals surface area contributed by atoms with Crippen LogP contribution < -0.4 is 0 Å². The van der Waals surface area contributed by atoms with E-state index in [2.05, 4.69) is 124 Å². The van der Waals surface area contributed by atoms with Crippen molar-refractivity contribution in [3.8, 4) is 0 Å². The van der Waals surface area contributed by atoms with Gasteiger partial charge >= 0.3 is 0 Å². The number of rotatable bonds is 13. The van der Waals surface area contributed by atoms with Crippen molar-refractivity contribution >= 4 is 0 Å². The van der Waals surface area contributed by atoms with Crippen LogP contribution in [0.5, 0.6) is 0 Å². The second-order valence-corrected chi connectivity index (χ2v) is 14.3. The molecule has 0 aromatic carbocycles. The summed E-state index contributed by atoms with van der Waals surface area (Å²) in [6, 6.07) is 0. The molecule has 0 saturated carbocycles. The Balaban J connectivity index is 1.74. The fraction of sp³-hybridized carbons (Fsp3) is 0.600. The van der Waals surface area contributed by atoms with E-state index >= 15 is 0 Å². The van der Waals surface area contributed by atoms with Gasteiger partial charge in [0.1, 0.15) is 0 Å². The quantitative estimate of drug-likeness (QED) is 0.160. The van der Waals surface area contributed by atoms with Gasteiger partial charge < -0.3 is 0 Å². The van der Waals surface area contributed by atoms with Crippen LogP contribution in [0.2, 0.25) is 0 Å². The maximum Gasteiger partial charge on any atom is -0.0104 e. The Morgan fingerprint density at radius 3 is 2.15 bits per heavy atom. The van der Waals surface area contributed by atoms with Gasteiger partial charge in [-0.05, 0) is 128 Å². The van der Waals surface area contributed by atoms with Crippen molar-refractivity contribution in [1.29, 1.82) is 0 Å². The fourth-order valence-electron chi connectivity index (χ4n) is 6.61. The molecule has 2 aliphatic rings. The molecule has 0 nitrogen and oxygen atoms in total. The van der Waals surface area contributed by atoms with E-state index in [0.717, 1.165) is 25.2 Å². The van der Waals surface area contributed by atoms with Gasteiger partial charge in [-0.25, -0.2) is 0 Å². The molecule has 0 bridgehead atoms. The fourth-order valence-corrected chi connectivity index (χ4v) is 6.61. The van der Waals surface area contributed by atoms with Crippen molar-refractivity contribution in [3.05, 3.63) is 93.7 Å². The van der Waals surface area contributed by atoms with Gasteiger partial charge in [-0.15, -0.1) is 0 Å². The lowest BCUT2D eigenvalue weighted by Gasteiger charge is -2.35. The van der Waals surface area contributed by atoms with Gasteiger partial charge in [0.05, 0.1) is 0 Å². The predicted octanol–water partition coefficient (Wildman–Crippen LogP) is 13.1. The average molecular weight is 543 g/mol. The summed E-state index contributed by atoms with van der Waals surface area (Å²) in [7, 11) is 0. The molecule has 0 heteroatoms. The summed E-state index contributed by atoms with van der Waals surface area (Å²) in [6.45, 7) is 23.4. The second kappa shape index (κ2) is 16.4. The van der Waals surface area contributed by atoms with Crippen LogP contribution in [-0.2, 0) is 0 Å². The zero-order chi connectivity index (χ0) is 29.8. The molecule has 40 heavy (non-hydrogen) atoms. The summed E-state index contributed by atoms with van der Waals surface area (Å²) in [5.41, 5.74) is 11.4. The van der Waals surface area contributed by atoms with Crippen LogP contribution in [-0.4, -0.2) is 0 Å². The first-order valence-electron chi connectivity index (χ1n) is 16.2. The summed E-state index contributed by atoms with van der Waals surface area (Å²) in [5.74, 6) is 0.733. The minimum Gasteiger partial charge on any atom is -0.0840 e. The average Bonchev–Trinajstić information content (AvgIpc) is 2.85. The van der Waals surface area contributed by atoms with Crippen molar-refractivity contribution in [1.82, 2.24) is 0 Å². The number of allylic oxidation sites excluding steroid dienone is 16. The maximum atomic E-state index is 2.45. The molecule has 0 spiro atoms. The number of hydrogen-bond acceptors (Lipinski definition) is 0. The van der Waals surface area contributed by atoms with Crippen LogP contribution in [0.25, 0.3) is 0 Å². The zero-order valence-electron chi connectivity index (χ0n) is 28.1. The van der Waals surface area contributed by atoms with E-state index in [0.29, 0.717) is 10.8 Å². The first-order chi connectivity index (χ1) is 18.8. The van der Waals surface area contributed by atoms with Crippen molar-refractivity contribution in [2.24, 2.45) is 16.7 Å². The molecular formula is C40H62. The highest BCUT2D eigenvalue weighted by molar-refractivity contribution is 5.36. The smallest absolute Gasteiger partial charge is 0.0104 e. The third kappa shape index (κ3) is 11.8. The summed E-state index contributed by atoms with van der Waals surface area (Å²) >= 11 is 0. The molecule has 0 heterocycles. The Morgan fingerprint density at radius 2 is 1.48 bits per heavy atom. The third-order valence-corrected chi connectivity index (χ3v) is 9.40. The van der Waals surface area contributed by atoms with E-state index in [4.69, 9.17) is 0 Å². The summed E-state index contributed by atoms with van der Waals surface area (Å²) in [4.78, 5) is 0. The zero-order valence-corrected chi connectivity index (χ0v) is 28.1. The molecule has 0 aliphatic heterocycles. The first kappa shape index (κ1) is 34.1. The molecule has 0 amide bonds. The van der Waals surface area contributed by atoms with Crippen LogP contribution in [0.1, 0.15) is 140 Å². The van der Waals surface area contributed by atoms with E-state index < -0.39 is 0 Å². The Kier molecular flexibility index (Phi) is 14.0. The van der Waals surface area contributed by atoms with E-state index in [1.54, 1.807) is 22.3 Å². The van der Waals surface area contributed by atoms with Crippen LogP contribution in [0.15, 0.2) is 93.7 Å². The van der Waals surface area contributed by atoms with Gasteiger partial charge in [0.15, 0.2) is 0 Å². The lowest BCUT2D eigenvalue weighted by molar-refractivity contribution is 0.344. The van der Waals surface area contributed by atoms with Crippen molar-refractivity contribution in [2.45, 2.75) is 140 Å². The van der Waals surface area contributed by atoms with E-state index in [1.165, 1.54) is 68.1 Å². The predicted molar refractivity (Wildman–Crippen MR) is 182 cm³/mol. The topological polar surface area (TPSA) is 0 Å². The van der Waals surface area contributed by atoms with E-state index in [1.807, 2.05) is 0 Å². The lowest BCUT2D eigenvalue weighted by Crippen LogP contribution is -2.20. The largest absolute Gasteiger partial charge is 0.0840 e. The molecular weight excluding hydrogens is 480 g/mol. The molecule has 0 aromatic rings. The molecule has 0 aromatic heterocycles. The maximum absolute atomic E-state index is 2.45. The van der Waals surface area contributed by atoms with Gasteiger partial charge in [-0.3, -0.25) is 0 Å². The second-order valence-electron chi connectivity index (χ2n) is 14.3. The van der Waals surface area contributed by atoms with Crippen molar-refractivity contribution < 1.29 is 0 Å². The van der Waals surface area contributed by atoms with Crippen molar-refractivity contribution in [3.63, 3.8) is 0 Å². The van der Waals surface area contributed by atoms with Gasteiger partial charge in [-0.2, -0.15) is 0 Å². The normalized spacial score (nSPS) is 21.9. The van der Waals surface area contributed by atoms with E-state index in [-0.39, 0.29) is 0 Å². The Labute approximate surface area is 249 Å². The summed E-state index contributed by atoms with van der Waals surface area (Å²) in [6.07, 6.45) is 34.4. The van der Waals surface area contributed by atoms with Crippen LogP contribution >= 0.6 is 0 Å². The third-order valence-electron chi connectivity index (χ3n) is 9.40. The minimum atomic E-state index is 0.315. The molecule has 2 rings (SSSR count). The molecule has 0 saturated heterocycles. The molecule has 0 fully saturated rings. The molecule has 2 aliphatic carbocycles. The van der Waals surface area contributed by atoms with Crippen LogP contribution in [0.3, 0.4) is 0 Å². The summed E-state index contributed by atoms with van der Waals surface area (Å²) in [5, 5.41) is 0. The monoisotopic (exact) mass is 542 g/mol. The SMILES string of the molecule is CC1=C(/C=C/C(C)=C/CC/C(C)=C/C=C/C=C(C)/C=C\CC(C)CCC2=C(C)CCCC2(C)C)C(C)(C)CCC1. The Bertz CT molecular complexity index is 1070. The summed E-state index contributed by atoms with van der Waals surface area (Å²) < 4.78 is 0. The van der Waals surface area contributed by atoms with Gasteiger partial charge in [0.25, 0.3) is 0 Å². The Hall–Kier alpha value is -2.08. The molecule has 222 valence electrons. The highest BCUT2D eigenvalue weighted by Gasteiger charge is 2.28. The highest BCUT2D eigenvalue weighted by Crippen LogP contribution is 2.43. The van der Waals surface area contributed by atoms with Crippen LogP contribution in [0.4, 0.5) is 0 Å². The molecule has 1 unspecified atom stereocenters. The van der Waals surface area contributed by atoms with Crippen LogP contribution in [0, 0.1) is 16.7 Å². The van der Waals surface area contributed by atoms with Gasteiger partial charge in [-0.1, -0.05) is 123 Å². The lowest BCUT2D eigenvalue weighted by atomic mass is 9.70. The first-order valence-corrected chi connectivity index (χ1v) is 16.2.